The van der Waals surface area contributed by atoms with Crippen LogP contribution in [0, 0.1) is 6.92 Å². The van der Waals surface area contributed by atoms with Gasteiger partial charge in [0.15, 0.2) is 0 Å². The SMILES string of the molecule is Cc1cc(Br)cc(CO)c1OCCCCc1ccccc1. The first kappa shape index (κ1) is 16.1. The number of aliphatic hydroxyl groups is 1. The lowest BCUT2D eigenvalue weighted by Crippen LogP contribution is -2.03. The van der Waals surface area contributed by atoms with E-state index in [0.29, 0.717) is 6.61 Å². The van der Waals surface area contributed by atoms with Crippen molar-refractivity contribution in [3.63, 3.8) is 0 Å². The summed E-state index contributed by atoms with van der Waals surface area (Å²) in [5, 5.41) is 9.42. The minimum Gasteiger partial charge on any atom is -0.493 e. The van der Waals surface area contributed by atoms with Gasteiger partial charge in [-0.1, -0.05) is 46.3 Å². The Morgan fingerprint density at radius 1 is 1.10 bits per heavy atom. The van der Waals surface area contributed by atoms with E-state index in [1.807, 2.05) is 25.1 Å². The monoisotopic (exact) mass is 348 g/mol. The number of halogens is 1. The molecule has 0 atom stereocenters. The second kappa shape index (κ2) is 8.20. The number of aryl methyl sites for hydroxylation is 2. The average Bonchev–Trinajstić information content (AvgIpc) is 2.49. The largest absolute Gasteiger partial charge is 0.493 e. The van der Waals surface area contributed by atoms with Crippen molar-refractivity contribution in [2.75, 3.05) is 6.61 Å². The van der Waals surface area contributed by atoms with Gasteiger partial charge < -0.3 is 9.84 Å². The maximum absolute atomic E-state index is 9.42. The highest BCUT2D eigenvalue weighted by molar-refractivity contribution is 9.10. The number of aliphatic hydroxyl groups excluding tert-OH is 1. The minimum absolute atomic E-state index is 0.000368. The summed E-state index contributed by atoms with van der Waals surface area (Å²) in [5.41, 5.74) is 3.26. The van der Waals surface area contributed by atoms with E-state index in [2.05, 4.69) is 40.2 Å². The lowest BCUT2D eigenvalue weighted by atomic mass is 10.1. The topological polar surface area (TPSA) is 29.5 Å². The number of rotatable bonds is 7. The molecule has 112 valence electrons. The molecule has 0 heterocycles. The Hall–Kier alpha value is -1.32. The minimum atomic E-state index is -0.000368. The highest BCUT2D eigenvalue weighted by Crippen LogP contribution is 2.28. The van der Waals surface area contributed by atoms with E-state index in [-0.39, 0.29) is 6.61 Å². The predicted octanol–water partition coefficient (Wildman–Crippen LogP) is 4.65. The van der Waals surface area contributed by atoms with E-state index < -0.39 is 0 Å². The molecular formula is C18H21BrO2. The van der Waals surface area contributed by atoms with Crippen molar-refractivity contribution in [3.05, 3.63) is 63.6 Å². The summed E-state index contributed by atoms with van der Waals surface area (Å²) in [6, 6.07) is 14.4. The Bertz CT molecular complexity index is 567. The Labute approximate surface area is 134 Å². The Morgan fingerprint density at radius 3 is 2.57 bits per heavy atom. The van der Waals surface area contributed by atoms with E-state index in [4.69, 9.17) is 4.74 Å². The highest BCUT2D eigenvalue weighted by atomic mass is 79.9. The van der Waals surface area contributed by atoms with E-state index in [1.54, 1.807) is 0 Å². The van der Waals surface area contributed by atoms with Gasteiger partial charge in [0, 0.05) is 10.0 Å². The summed E-state index contributed by atoms with van der Waals surface area (Å²) < 4.78 is 6.84. The molecule has 2 nitrogen and oxygen atoms in total. The van der Waals surface area contributed by atoms with E-state index in [1.165, 1.54) is 5.56 Å². The van der Waals surface area contributed by atoms with Gasteiger partial charge >= 0.3 is 0 Å². The Balaban J connectivity index is 1.81. The Kier molecular flexibility index (Phi) is 6.27. The summed E-state index contributed by atoms with van der Waals surface area (Å²) >= 11 is 3.44. The van der Waals surface area contributed by atoms with Crippen molar-refractivity contribution in [1.82, 2.24) is 0 Å². The van der Waals surface area contributed by atoms with Crippen LogP contribution in [0.3, 0.4) is 0 Å². The third kappa shape index (κ3) is 4.87. The van der Waals surface area contributed by atoms with Crippen LogP contribution in [0.1, 0.15) is 29.5 Å². The van der Waals surface area contributed by atoms with Gasteiger partial charge in [-0.25, -0.2) is 0 Å². The summed E-state index contributed by atoms with van der Waals surface area (Å²) in [7, 11) is 0. The molecule has 0 amide bonds. The molecule has 0 aliphatic carbocycles. The zero-order valence-corrected chi connectivity index (χ0v) is 13.9. The predicted molar refractivity (Wildman–Crippen MR) is 89.7 cm³/mol. The van der Waals surface area contributed by atoms with Gasteiger partial charge in [-0.3, -0.25) is 0 Å². The van der Waals surface area contributed by atoms with Crippen molar-refractivity contribution in [3.8, 4) is 5.75 Å². The molecular weight excluding hydrogens is 328 g/mol. The second-order valence-electron chi connectivity index (χ2n) is 5.16. The van der Waals surface area contributed by atoms with Crippen molar-refractivity contribution >= 4 is 15.9 Å². The summed E-state index contributed by atoms with van der Waals surface area (Å²) in [6.07, 6.45) is 3.19. The smallest absolute Gasteiger partial charge is 0.127 e. The van der Waals surface area contributed by atoms with Crippen LogP contribution in [0.5, 0.6) is 5.75 Å². The van der Waals surface area contributed by atoms with Crippen molar-refractivity contribution < 1.29 is 9.84 Å². The number of unbranched alkanes of at least 4 members (excludes halogenated alkanes) is 1. The first-order chi connectivity index (χ1) is 10.2. The van der Waals surface area contributed by atoms with E-state index in [9.17, 15) is 5.11 Å². The Morgan fingerprint density at radius 2 is 1.86 bits per heavy atom. The quantitative estimate of drug-likeness (QED) is 0.737. The van der Waals surface area contributed by atoms with Gasteiger partial charge in [0.2, 0.25) is 0 Å². The molecule has 0 radical (unpaired) electrons. The lowest BCUT2D eigenvalue weighted by molar-refractivity contribution is 0.259. The molecule has 0 aliphatic heterocycles. The molecule has 0 bridgehead atoms. The zero-order valence-electron chi connectivity index (χ0n) is 12.3. The first-order valence-corrected chi connectivity index (χ1v) is 8.06. The summed E-state index contributed by atoms with van der Waals surface area (Å²) in [4.78, 5) is 0. The molecule has 0 aromatic heterocycles. The lowest BCUT2D eigenvalue weighted by Gasteiger charge is -2.13. The standard InChI is InChI=1S/C18H21BrO2/c1-14-11-17(19)12-16(13-20)18(14)21-10-6-5-9-15-7-3-2-4-8-15/h2-4,7-8,11-12,20H,5-6,9-10,13H2,1H3. The van der Waals surface area contributed by atoms with Crippen LogP contribution in [0.25, 0.3) is 0 Å². The van der Waals surface area contributed by atoms with Crippen LogP contribution in [-0.2, 0) is 13.0 Å². The molecule has 0 saturated carbocycles. The van der Waals surface area contributed by atoms with E-state index >= 15 is 0 Å². The fourth-order valence-corrected chi connectivity index (χ4v) is 2.99. The van der Waals surface area contributed by atoms with Crippen LogP contribution in [0.2, 0.25) is 0 Å². The molecule has 0 fully saturated rings. The first-order valence-electron chi connectivity index (χ1n) is 7.27. The summed E-state index contributed by atoms with van der Waals surface area (Å²) in [5.74, 6) is 0.820. The number of hydrogen-bond acceptors (Lipinski definition) is 2. The van der Waals surface area contributed by atoms with Crippen LogP contribution < -0.4 is 4.74 Å². The van der Waals surface area contributed by atoms with Crippen molar-refractivity contribution in [2.45, 2.75) is 32.8 Å². The fourth-order valence-electron chi connectivity index (χ4n) is 2.37. The average molecular weight is 349 g/mol. The normalized spacial score (nSPS) is 10.6. The van der Waals surface area contributed by atoms with Gasteiger partial charge in [0.05, 0.1) is 13.2 Å². The van der Waals surface area contributed by atoms with Crippen molar-refractivity contribution in [1.29, 1.82) is 0 Å². The van der Waals surface area contributed by atoms with Gasteiger partial charge in [0.1, 0.15) is 5.75 Å². The van der Waals surface area contributed by atoms with Crippen LogP contribution in [0.4, 0.5) is 0 Å². The molecule has 2 aromatic carbocycles. The molecule has 0 unspecified atom stereocenters. The molecule has 2 rings (SSSR count). The molecule has 0 spiro atoms. The van der Waals surface area contributed by atoms with Crippen molar-refractivity contribution in [2.24, 2.45) is 0 Å². The van der Waals surface area contributed by atoms with Crippen LogP contribution in [-0.4, -0.2) is 11.7 Å². The number of hydrogen-bond donors (Lipinski definition) is 1. The molecule has 21 heavy (non-hydrogen) atoms. The molecule has 0 aliphatic rings. The third-order valence-corrected chi connectivity index (χ3v) is 3.89. The van der Waals surface area contributed by atoms with Crippen LogP contribution in [0.15, 0.2) is 46.9 Å². The second-order valence-corrected chi connectivity index (χ2v) is 6.08. The van der Waals surface area contributed by atoms with Gasteiger partial charge in [-0.05, 0) is 49.4 Å². The third-order valence-electron chi connectivity index (χ3n) is 3.44. The zero-order chi connectivity index (χ0) is 15.1. The van der Waals surface area contributed by atoms with Gasteiger partial charge in [-0.15, -0.1) is 0 Å². The molecule has 2 aromatic rings. The van der Waals surface area contributed by atoms with Crippen LogP contribution >= 0.6 is 15.9 Å². The van der Waals surface area contributed by atoms with Gasteiger partial charge in [-0.2, -0.15) is 0 Å². The fraction of sp³-hybridized carbons (Fsp3) is 0.333. The highest BCUT2D eigenvalue weighted by Gasteiger charge is 2.08. The number of ether oxygens (including phenoxy) is 1. The number of benzene rings is 2. The maximum Gasteiger partial charge on any atom is 0.127 e. The van der Waals surface area contributed by atoms with Gasteiger partial charge in [0.25, 0.3) is 0 Å². The molecule has 0 saturated heterocycles. The maximum atomic E-state index is 9.42. The van der Waals surface area contributed by atoms with E-state index in [0.717, 1.165) is 40.6 Å². The summed E-state index contributed by atoms with van der Waals surface area (Å²) in [6.45, 7) is 2.69. The molecule has 1 N–H and O–H groups in total. The molecule has 3 heteroatoms.